The number of likely N-dealkylation sites (tertiary alicyclic amines) is 1. The first-order valence-corrected chi connectivity index (χ1v) is 6.66. The van der Waals surface area contributed by atoms with Crippen molar-refractivity contribution in [3.63, 3.8) is 0 Å². The van der Waals surface area contributed by atoms with E-state index in [0.717, 1.165) is 12.4 Å². The van der Waals surface area contributed by atoms with Crippen LogP contribution in [0.5, 0.6) is 0 Å². The Morgan fingerprint density at radius 3 is 3.06 bits per heavy atom. The second kappa shape index (κ2) is 5.65. The van der Waals surface area contributed by atoms with E-state index < -0.39 is 0 Å². The Hall–Kier alpha value is -0.870. The summed E-state index contributed by atoms with van der Waals surface area (Å²) in [5.41, 5.74) is 0. The van der Waals surface area contributed by atoms with E-state index in [4.69, 9.17) is 0 Å². The maximum absolute atomic E-state index is 4.41. The molecule has 2 heterocycles. The summed E-state index contributed by atoms with van der Waals surface area (Å²) in [4.78, 5) is 6.93. The standard InChI is InChI=1S/C13H24N4/c1-4-17-8-5-6-12(10-17)15-11(2)13-14-7-9-16(13)3/h7,9,11-12,15H,4-6,8,10H2,1-3H3. The fraction of sp³-hybridized carbons (Fsp3) is 0.769. The van der Waals surface area contributed by atoms with E-state index in [1.165, 1.54) is 25.9 Å². The number of nitrogens with one attached hydrogen (secondary N) is 1. The molecule has 0 amide bonds. The van der Waals surface area contributed by atoms with Gasteiger partial charge in [-0.2, -0.15) is 0 Å². The van der Waals surface area contributed by atoms with Crippen molar-refractivity contribution < 1.29 is 0 Å². The molecule has 1 N–H and O–H groups in total. The first kappa shape index (κ1) is 12.6. The lowest BCUT2D eigenvalue weighted by Crippen LogP contribution is -2.46. The number of aromatic nitrogens is 2. The lowest BCUT2D eigenvalue weighted by molar-refractivity contribution is 0.191. The summed E-state index contributed by atoms with van der Waals surface area (Å²) in [5.74, 6) is 1.12. The van der Waals surface area contributed by atoms with Gasteiger partial charge in [-0.15, -0.1) is 0 Å². The van der Waals surface area contributed by atoms with E-state index >= 15 is 0 Å². The monoisotopic (exact) mass is 236 g/mol. The van der Waals surface area contributed by atoms with E-state index in [9.17, 15) is 0 Å². The highest BCUT2D eigenvalue weighted by molar-refractivity contribution is 4.98. The third kappa shape index (κ3) is 3.07. The van der Waals surface area contributed by atoms with Gasteiger partial charge in [-0.05, 0) is 32.9 Å². The summed E-state index contributed by atoms with van der Waals surface area (Å²) >= 11 is 0. The quantitative estimate of drug-likeness (QED) is 0.861. The van der Waals surface area contributed by atoms with Crippen molar-refractivity contribution in [2.75, 3.05) is 19.6 Å². The van der Waals surface area contributed by atoms with Crippen LogP contribution in [0.2, 0.25) is 0 Å². The van der Waals surface area contributed by atoms with E-state index in [-0.39, 0.29) is 0 Å². The zero-order valence-electron chi connectivity index (χ0n) is 11.2. The van der Waals surface area contributed by atoms with Crippen molar-refractivity contribution in [2.45, 2.75) is 38.8 Å². The van der Waals surface area contributed by atoms with Gasteiger partial charge in [0.1, 0.15) is 5.82 Å². The molecule has 2 atom stereocenters. The number of hydrogen-bond acceptors (Lipinski definition) is 3. The molecule has 0 radical (unpaired) electrons. The average molecular weight is 236 g/mol. The minimum absolute atomic E-state index is 0.330. The van der Waals surface area contributed by atoms with Crippen molar-refractivity contribution in [3.8, 4) is 0 Å². The first-order valence-electron chi connectivity index (χ1n) is 6.66. The molecule has 1 aliphatic heterocycles. The second-order valence-electron chi connectivity index (χ2n) is 5.02. The van der Waals surface area contributed by atoms with Gasteiger partial charge in [-0.1, -0.05) is 6.92 Å². The van der Waals surface area contributed by atoms with Gasteiger partial charge in [0, 0.05) is 32.0 Å². The lowest BCUT2D eigenvalue weighted by atomic mass is 10.0. The highest BCUT2D eigenvalue weighted by atomic mass is 15.2. The van der Waals surface area contributed by atoms with Crippen LogP contribution in [0.3, 0.4) is 0 Å². The van der Waals surface area contributed by atoms with Crippen molar-refractivity contribution in [2.24, 2.45) is 7.05 Å². The molecular formula is C13H24N4. The van der Waals surface area contributed by atoms with E-state index in [1.54, 1.807) is 0 Å². The number of likely N-dealkylation sites (N-methyl/N-ethyl adjacent to an activating group) is 1. The summed E-state index contributed by atoms with van der Waals surface area (Å²) in [6, 6.07) is 0.937. The number of aryl methyl sites for hydroxylation is 1. The predicted molar refractivity (Wildman–Crippen MR) is 69.9 cm³/mol. The van der Waals surface area contributed by atoms with Crippen LogP contribution in [0.25, 0.3) is 0 Å². The minimum atomic E-state index is 0.330. The van der Waals surface area contributed by atoms with Gasteiger partial charge in [-0.3, -0.25) is 0 Å². The molecule has 17 heavy (non-hydrogen) atoms. The molecule has 2 unspecified atom stereocenters. The Bertz CT molecular complexity index is 347. The number of imidazole rings is 1. The Morgan fingerprint density at radius 2 is 2.41 bits per heavy atom. The SMILES string of the molecule is CCN1CCCC(NC(C)c2nccn2C)C1. The van der Waals surface area contributed by atoms with Crippen LogP contribution in [0, 0.1) is 0 Å². The Kier molecular flexibility index (Phi) is 4.18. The van der Waals surface area contributed by atoms with Crippen LogP contribution in [0.4, 0.5) is 0 Å². The maximum Gasteiger partial charge on any atom is 0.125 e. The van der Waals surface area contributed by atoms with Crippen LogP contribution in [-0.4, -0.2) is 40.1 Å². The fourth-order valence-corrected chi connectivity index (χ4v) is 2.70. The average Bonchev–Trinajstić information content (AvgIpc) is 2.76. The molecular weight excluding hydrogens is 212 g/mol. The van der Waals surface area contributed by atoms with E-state index in [2.05, 4.69) is 40.7 Å². The number of rotatable bonds is 4. The molecule has 1 fully saturated rings. The first-order chi connectivity index (χ1) is 8.20. The Balaban J connectivity index is 1.90. The molecule has 0 aliphatic carbocycles. The fourth-order valence-electron chi connectivity index (χ4n) is 2.70. The molecule has 1 aromatic rings. The van der Waals surface area contributed by atoms with Gasteiger partial charge in [0.05, 0.1) is 6.04 Å². The van der Waals surface area contributed by atoms with Crippen LogP contribution < -0.4 is 5.32 Å². The third-order valence-corrected chi connectivity index (χ3v) is 3.68. The van der Waals surface area contributed by atoms with Gasteiger partial charge in [0.2, 0.25) is 0 Å². The van der Waals surface area contributed by atoms with E-state index in [1.807, 2.05) is 12.4 Å². The highest BCUT2D eigenvalue weighted by Gasteiger charge is 2.21. The van der Waals surface area contributed by atoms with Crippen LogP contribution in [0.1, 0.15) is 38.6 Å². The van der Waals surface area contributed by atoms with Crippen molar-refractivity contribution in [1.82, 2.24) is 19.8 Å². The zero-order valence-corrected chi connectivity index (χ0v) is 11.2. The molecule has 4 heteroatoms. The Labute approximate surface area is 104 Å². The minimum Gasteiger partial charge on any atom is -0.337 e. The summed E-state index contributed by atoms with van der Waals surface area (Å²) in [5, 5.41) is 3.70. The largest absolute Gasteiger partial charge is 0.337 e. The van der Waals surface area contributed by atoms with Crippen LogP contribution in [0.15, 0.2) is 12.4 Å². The van der Waals surface area contributed by atoms with Gasteiger partial charge >= 0.3 is 0 Å². The number of piperidine rings is 1. The van der Waals surface area contributed by atoms with Crippen molar-refractivity contribution >= 4 is 0 Å². The Morgan fingerprint density at radius 1 is 1.59 bits per heavy atom. The molecule has 2 rings (SSSR count). The topological polar surface area (TPSA) is 33.1 Å². The summed E-state index contributed by atoms with van der Waals surface area (Å²) in [6.45, 7) is 8.03. The zero-order chi connectivity index (χ0) is 12.3. The molecule has 1 aliphatic rings. The molecule has 0 spiro atoms. The smallest absolute Gasteiger partial charge is 0.125 e. The van der Waals surface area contributed by atoms with Gasteiger partial charge in [-0.25, -0.2) is 4.98 Å². The molecule has 96 valence electrons. The lowest BCUT2D eigenvalue weighted by Gasteiger charge is -2.33. The predicted octanol–water partition coefficient (Wildman–Crippen LogP) is 1.55. The maximum atomic E-state index is 4.41. The molecule has 0 saturated carbocycles. The van der Waals surface area contributed by atoms with Crippen molar-refractivity contribution in [3.05, 3.63) is 18.2 Å². The second-order valence-corrected chi connectivity index (χ2v) is 5.02. The van der Waals surface area contributed by atoms with Gasteiger partial charge < -0.3 is 14.8 Å². The van der Waals surface area contributed by atoms with Gasteiger partial charge in [0.25, 0.3) is 0 Å². The molecule has 4 nitrogen and oxygen atoms in total. The third-order valence-electron chi connectivity index (χ3n) is 3.68. The van der Waals surface area contributed by atoms with E-state index in [0.29, 0.717) is 12.1 Å². The summed E-state index contributed by atoms with van der Waals surface area (Å²) in [7, 11) is 2.06. The highest BCUT2D eigenvalue weighted by Crippen LogP contribution is 2.15. The summed E-state index contributed by atoms with van der Waals surface area (Å²) < 4.78 is 2.10. The molecule has 1 aromatic heterocycles. The van der Waals surface area contributed by atoms with Crippen LogP contribution in [-0.2, 0) is 7.05 Å². The number of nitrogens with zero attached hydrogens (tertiary/aromatic N) is 3. The molecule has 0 aromatic carbocycles. The van der Waals surface area contributed by atoms with Gasteiger partial charge in [0.15, 0.2) is 0 Å². The summed E-state index contributed by atoms with van der Waals surface area (Å²) in [6.07, 6.45) is 6.46. The van der Waals surface area contributed by atoms with Crippen LogP contribution >= 0.6 is 0 Å². The normalized spacial score (nSPS) is 23.8. The number of hydrogen-bond donors (Lipinski definition) is 1. The van der Waals surface area contributed by atoms with Crippen molar-refractivity contribution in [1.29, 1.82) is 0 Å². The molecule has 0 bridgehead atoms. The molecule has 1 saturated heterocycles.